The number of rotatable bonds is 5. The second-order valence-electron chi connectivity index (χ2n) is 6.67. The summed E-state index contributed by atoms with van der Waals surface area (Å²) in [4.78, 5) is 0. The zero-order valence-electron chi connectivity index (χ0n) is 14.7. The van der Waals surface area contributed by atoms with Gasteiger partial charge in [0.15, 0.2) is 0 Å². The lowest BCUT2D eigenvalue weighted by atomic mass is 9.81. The maximum Gasteiger partial charge on any atom is 0.120 e. The molecule has 0 bridgehead atoms. The van der Waals surface area contributed by atoms with Gasteiger partial charge in [0, 0.05) is 20.0 Å². The van der Waals surface area contributed by atoms with Crippen molar-refractivity contribution in [2.24, 2.45) is 0 Å². The van der Waals surface area contributed by atoms with Crippen molar-refractivity contribution in [2.75, 3.05) is 7.11 Å². The third kappa shape index (κ3) is 3.80. The molecular formula is C21H26O3. The van der Waals surface area contributed by atoms with Crippen molar-refractivity contribution in [1.82, 2.24) is 0 Å². The second kappa shape index (κ2) is 7.37. The third-order valence-corrected chi connectivity index (χ3v) is 4.70. The van der Waals surface area contributed by atoms with E-state index in [1.165, 1.54) is 0 Å². The Hall–Kier alpha value is -1.84. The Morgan fingerprint density at radius 1 is 1.00 bits per heavy atom. The van der Waals surface area contributed by atoms with Gasteiger partial charge in [-0.3, -0.25) is 0 Å². The molecule has 3 heteroatoms. The van der Waals surface area contributed by atoms with Crippen molar-refractivity contribution < 1.29 is 14.2 Å². The summed E-state index contributed by atoms with van der Waals surface area (Å²) < 4.78 is 17.9. The Labute approximate surface area is 144 Å². The van der Waals surface area contributed by atoms with E-state index in [9.17, 15) is 0 Å². The van der Waals surface area contributed by atoms with E-state index in [-0.39, 0.29) is 17.8 Å². The maximum atomic E-state index is 5.99. The quantitative estimate of drug-likeness (QED) is 0.797. The lowest BCUT2D eigenvalue weighted by Crippen LogP contribution is -2.42. The number of hydrogen-bond acceptors (Lipinski definition) is 3. The van der Waals surface area contributed by atoms with E-state index in [2.05, 4.69) is 38.1 Å². The van der Waals surface area contributed by atoms with Gasteiger partial charge < -0.3 is 14.2 Å². The molecule has 0 N–H and O–H groups in total. The summed E-state index contributed by atoms with van der Waals surface area (Å²) in [7, 11) is 1.79. The van der Waals surface area contributed by atoms with Gasteiger partial charge in [0.2, 0.25) is 0 Å². The normalized spacial score (nSPS) is 27.0. The average Bonchev–Trinajstić information content (AvgIpc) is 2.60. The van der Waals surface area contributed by atoms with Crippen LogP contribution in [0, 0.1) is 0 Å². The first-order chi connectivity index (χ1) is 11.6. The van der Waals surface area contributed by atoms with Crippen molar-refractivity contribution >= 4 is 0 Å². The molecular weight excluding hydrogens is 300 g/mol. The Bertz CT molecular complexity index is 643. The Kier molecular flexibility index (Phi) is 5.22. The number of ether oxygens (including phenoxy) is 3. The zero-order chi connectivity index (χ0) is 17.0. The van der Waals surface area contributed by atoms with Crippen LogP contribution in [0.3, 0.4) is 0 Å². The standard InChI is InChI=1S/C21H26O3/c1-16-13-21(22-3,14-17(2)24-16)19-10-7-11-20(12-19)23-15-18-8-5-4-6-9-18/h4-12,16-17H,13-15H2,1-3H3/t16-,17+,21?. The molecule has 3 atom stereocenters. The van der Waals surface area contributed by atoms with Crippen LogP contribution in [0.25, 0.3) is 0 Å². The highest BCUT2D eigenvalue weighted by molar-refractivity contribution is 5.33. The summed E-state index contributed by atoms with van der Waals surface area (Å²) in [6.45, 7) is 4.79. The molecule has 0 radical (unpaired) electrons. The van der Waals surface area contributed by atoms with Crippen LogP contribution in [0.4, 0.5) is 0 Å². The molecule has 1 heterocycles. The van der Waals surface area contributed by atoms with Gasteiger partial charge in [-0.05, 0) is 37.1 Å². The van der Waals surface area contributed by atoms with E-state index in [4.69, 9.17) is 14.2 Å². The molecule has 3 nitrogen and oxygen atoms in total. The first kappa shape index (κ1) is 17.0. The predicted octanol–water partition coefficient (Wildman–Crippen LogP) is 4.69. The van der Waals surface area contributed by atoms with Gasteiger partial charge in [0.25, 0.3) is 0 Å². The van der Waals surface area contributed by atoms with E-state index >= 15 is 0 Å². The van der Waals surface area contributed by atoms with E-state index in [0.717, 1.165) is 29.7 Å². The van der Waals surface area contributed by atoms with Crippen molar-refractivity contribution in [3.05, 3.63) is 65.7 Å². The van der Waals surface area contributed by atoms with E-state index in [0.29, 0.717) is 6.61 Å². The number of methoxy groups -OCH3 is 1. The van der Waals surface area contributed by atoms with Gasteiger partial charge in [0.1, 0.15) is 12.4 Å². The Balaban J connectivity index is 1.78. The molecule has 24 heavy (non-hydrogen) atoms. The molecule has 1 aliphatic rings. The highest BCUT2D eigenvalue weighted by Gasteiger charge is 2.40. The molecule has 2 aromatic rings. The third-order valence-electron chi connectivity index (χ3n) is 4.70. The largest absolute Gasteiger partial charge is 0.489 e. The molecule has 1 aliphatic heterocycles. The highest BCUT2D eigenvalue weighted by Crippen LogP contribution is 2.41. The van der Waals surface area contributed by atoms with Gasteiger partial charge in [-0.2, -0.15) is 0 Å². The minimum absolute atomic E-state index is 0.183. The van der Waals surface area contributed by atoms with Crippen LogP contribution in [0.1, 0.15) is 37.8 Å². The fraction of sp³-hybridized carbons (Fsp3) is 0.429. The molecule has 0 amide bonds. The predicted molar refractivity (Wildman–Crippen MR) is 95.1 cm³/mol. The first-order valence-corrected chi connectivity index (χ1v) is 8.59. The van der Waals surface area contributed by atoms with Crippen LogP contribution in [0.2, 0.25) is 0 Å². The average molecular weight is 326 g/mol. The summed E-state index contributed by atoms with van der Waals surface area (Å²) in [6.07, 6.45) is 2.08. The van der Waals surface area contributed by atoms with E-state index in [1.54, 1.807) is 7.11 Å². The lowest BCUT2D eigenvalue weighted by molar-refractivity contribution is -0.152. The fourth-order valence-corrected chi connectivity index (χ4v) is 3.64. The molecule has 0 saturated carbocycles. The monoisotopic (exact) mass is 326 g/mol. The molecule has 1 fully saturated rings. The first-order valence-electron chi connectivity index (χ1n) is 8.59. The Morgan fingerprint density at radius 3 is 2.38 bits per heavy atom. The van der Waals surface area contributed by atoms with Gasteiger partial charge in [-0.1, -0.05) is 42.5 Å². The maximum absolute atomic E-state index is 5.99. The lowest BCUT2D eigenvalue weighted by Gasteiger charge is -2.42. The number of benzene rings is 2. The smallest absolute Gasteiger partial charge is 0.120 e. The summed E-state index contributed by atoms with van der Waals surface area (Å²) in [5, 5.41) is 0. The van der Waals surface area contributed by atoms with Gasteiger partial charge >= 0.3 is 0 Å². The highest BCUT2D eigenvalue weighted by atomic mass is 16.5. The van der Waals surface area contributed by atoms with Crippen LogP contribution in [-0.2, 0) is 21.7 Å². The van der Waals surface area contributed by atoms with Gasteiger partial charge in [0.05, 0.1) is 17.8 Å². The molecule has 0 aliphatic carbocycles. The summed E-state index contributed by atoms with van der Waals surface area (Å²) in [6, 6.07) is 18.5. The molecule has 1 unspecified atom stereocenters. The van der Waals surface area contributed by atoms with E-state index in [1.807, 2.05) is 30.3 Å². The fourth-order valence-electron chi connectivity index (χ4n) is 3.64. The van der Waals surface area contributed by atoms with Gasteiger partial charge in [-0.25, -0.2) is 0 Å². The second-order valence-corrected chi connectivity index (χ2v) is 6.67. The minimum Gasteiger partial charge on any atom is -0.489 e. The molecule has 128 valence electrons. The van der Waals surface area contributed by atoms with Crippen molar-refractivity contribution in [3.8, 4) is 5.75 Å². The van der Waals surface area contributed by atoms with Crippen molar-refractivity contribution in [2.45, 2.75) is 51.1 Å². The molecule has 0 aromatic heterocycles. The van der Waals surface area contributed by atoms with Crippen molar-refractivity contribution in [3.63, 3.8) is 0 Å². The summed E-state index contributed by atoms with van der Waals surface area (Å²) in [5.74, 6) is 0.875. The molecule has 2 aromatic carbocycles. The zero-order valence-corrected chi connectivity index (χ0v) is 14.7. The topological polar surface area (TPSA) is 27.7 Å². The van der Waals surface area contributed by atoms with Crippen LogP contribution >= 0.6 is 0 Å². The minimum atomic E-state index is -0.302. The summed E-state index contributed by atoms with van der Waals surface area (Å²) in [5.41, 5.74) is 2.03. The molecule has 0 spiro atoms. The van der Waals surface area contributed by atoms with Crippen LogP contribution in [0.5, 0.6) is 5.75 Å². The SMILES string of the molecule is COC1(c2cccc(OCc3ccccc3)c2)C[C@@H](C)O[C@@H](C)C1. The molecule has 3 rings (SSSR count). The number of hydrogen-bond donors (Lipinski definition) is 0. The van der Waals surface area contributed by atoms with Crippen LogP contribution < -0.4 is 4.74 Å². The van der Waals surface area contributed by atoms with Crippen LogP contribution in [0.15, 0.2) is 54.6 Å². The van der Waals surface area contributed by atoms with Crippen LogP contribution in [-0.4, -0.2) is 19.3 Å². The summed E-state index contributed by atoms with van der Waals surface area (Å²) >= 11 is 0. The molecule has 1 saturated heterocycles. The Morgan fingerprint density at radius 2 is 1.71 bits per heavy atom. The van der Waals surface area contributed by atoms with Gasteiger partial charge in [-0.15, -0.1) is 0 Å². The van der Waals surface area contributed by atoms with Crippen molar-refractivity contribution in [1.29, 1.82) is 0 Å². The van der Waals surface area contributed by atoms with E-state index < -0.39 is 0 Å².